The van der Waals surface area contributed by atoms with Crippen LogP contribution in [0.15, 0.2) is 10.7 Å². The lowest BCUT2D eigenvalue weighted by atomic mass is 10.1. The van der Waals surface area contributed by atoms with Gasteiger partial charge >= 0.3 is 6.18 Å². The number of nitriles is 1. The molecule has 0 radical (unpaired) electrons. The Morgan fingerprint density at radius 3 is 2.31 bits per heavy atom. The molecule has 0 atom stereocenters. The van der Waals surface area contributed by atoms with Crippen LogP contribution in [0.25, 0.3) is 0 Å². The van der Waals surface area contributed by atoms with Crippen LogP contribution in [0.3, 0.4) is 0 Å². The predicted octanol–water partition coefficient (Wildman–Crippen LogP) is 3.67. The summed E-state index contributed by atoms with van der Waals surface area (Å²) in [7, 11) is 0. The second-order valence-corrected chi connectivity index (χ2v) is 3.43. The summed E-state index contributed by atoms with van der Waals surface area (Å²) in [5.74, 6) is 0. The van der Waals surface area contributed by atoms with Gasteiger partial charge in [0.1, 0.15) is 10.7 Å². The topological polar surface area (TPSA) is 36.7 Å². The first-order valence-corrected chi connectivity index (χ1v) is 4.52. The number of rotatable bonds is 1. The minimum atomic E-state index is -4.85. The molecule has 0 bridgehead atoms. The molecule has 0 unspecified atom stereocenters. The predicted molar refractivity (Wildman–Crippen MR) is 46.6 cm³/mol. The van der Waals surface area contributed by atoms with Gasteiger partial charge in [-0.15, -0.1) is 0 Å². The number of halogens is 6. The van der Waals surface area contributed by atoms with Gasteiger partial charge in [0.2, 0.25) is 0 Å². The van der Waals surface area contributed by atoms with Crippen molar-refractivity contribution in [3.05, 3.63) is 27.5 Å². The highest BCUT2D eigenvalue weighted by molar-refractivity contribution is 9.10. The summed E-state index contributed by atoms with van der Waals surface area (Å²) in [5.41, 5.74) is -3.15. The summed E-state index contributed by atoms with van der Waals surface area (Å²) >= 11 is 2.50. The number of hydrogen-bond donors (Lipinski definition) is 0. The molecule has 0 fully saturated rings. The molecular weight excluding hydrogens is 299 g/mol. The van der Waals surface area contributed by atoms with Gasteiger partial charge in [-0.05, 0) is 22.0 Å². The lowest BCUT2D eigenvalue weighted by Gasteiger charge is -2.10. The zero-order valence-corrected chi connectivity index (χ0v) is 8.90. The molecule has 0 aliphatic carbocycles. The quantitative estimate of drug-likeness (QED) is 0.586. The second kappa shape index (κ2) is 4.33. The van der Waals surface area contributed by atoms with Crippen molar-refractivity contribution in [3.8, 4) is 6.07 Å². The van der Waals surface area contributed by atoms with Crippen LogP contribution in [0.1, 0.15) is 23.2 Å². The minimum absolute atomic E-state index is 0.477. The van der Waals surface area contributed by atoms with Crippen LogP contribution in [-0.2, 0) is 6.18 Å². The zero-order chi connectivity index (χ0) is 12.5. The van der Waals surface area contributed by atoms with E-state index in [4.69, 9.17) is 5.26 Å². The summed E-state index contributed by atoms with van der Waals surface area (Å²) in [6, 6.07) is 1.66. The van der Waals surface area contributed by atoms with Crippen LogP contribution in [0.2, 0.25) is 0 Å². The van der Waals surface area contributed by atoms with E-state index in [9.17, 15) is 22.0 Å². The van der Waals surface area contributed by atoms with E-state index < -0.39 is 34.0 Å². The molecule has 1 heterocycles. The Morgan fingerprint density at radius 1 is 1.38 bits per heavy atom. The van der Waals surface area contributed by atoms with Gasteiger partial charge in [0.05, 0.1) is 11.1 Å². The molecule has 86 valence electrons. The molecule has 0 aliphatic rings. The van der Waals surface area contributed by atoms with Crippen LogP contribution in [-0.4, -0.2) is 4.98 Å². The maximum Gasteiger partial charge on any atom is 0.434 e. The van der Waals surface area contributed by atoms with E-state index in [0.29, 0.717) is 6.07 Å². The Morgan fingerprint density at radius 2 is 1.94 bits per heavy atom. The molecule has 1 aromatic rings. The fourth-order valence-electron chi connectivity index (χ4n) is 0.961. The van der Waals surface area contributed by atoms with Crippen LogP contribution in [0.4, 0.5) is 22.0 Å². The maximum atomic E-state index is 12.3. The molecule has 16 heavy (non-hydrogen) atoms. The molecule has 1 aromatic heterocycles. The molecule has 0 saturated carbocycles. The molecule has 1 rings (SSSR count). The van der Waals surface area contributed by atoms with Crippen LogP contribution in [0.5, 0.6) is 0 Å². The van der Waals surface area contributed by atoms with Gasteiger partial charge in [0.15, 0.2) is 5.69 Å². The largest absolute Gasteiger partial charge is 0.434 e. The third-order valence-electron chi connectivity index (χ3n) is 1.63. The summed E-state index contributed by atoms with van der Waals surface area (Å²) in [6.07, 6.45) is -7.86. The summed E-state index contributed by atoms with van der Waals surface area (Å²) in [4.78, 5) is 2.93. The van der Waals surface area contributed by atoms with Crippen molar-refractivity contribution in [2.24, 2.45) is 0 Å². The summed E-state index contributed by atoms with van der Waals surface area (Å²) in [6.45, 7) is 0. The van der Waals surface area contributed by atoms with Gasteiger partial charge in [-0.3, -0.25) is 0 Å². The lowest BCUT2D eigenvalue weighted by Crippen LogP contribution is -2.12. The number of aromatic nitrogens is 1. The highest BCUT2D eigenvalue weighted by Gasteiger charge is 2.37. The first-order valence-electron chi connectivity index (χ1n) is 3.73. The SMILES string of the molecule is N#Cc1cc(C(F)F)c(Br)nc1C(F)(F)F. The Kier molecular flexibility index (Phi) is 3.48. The van der Waals surface area contributed by atoms with Crippen molar-refractivity contribution < 1.29 is 22.0 Å². The van der Waals surface area contributed by atoms with E-state index in [-0.39, 0.29) is 0 Å². The van der Waals surface area contributed by atoms with Crippen molar-refractivity contribution in [1.29, 1.82) is 5.26 Å². The molecule has 0 spiro atoms. The van der Waals surface area contributed by atoms with Crippen molar-refractivity contribution >= 4 is 15.9 Å². The van der Waals surface area contributed by atoms with E-state index in [2.05, 4.69) is 20.9 Å². The van der Waals surface area contributed by atoms with Crippen LogP contribution < -0.4 is 0 Å². The number of alkyl halides is 5. The van der Waals surface area contributed by atoms with E-state index in [0.717, 1.165) is 0 Å². The molecule has 0 aliphatic heterocycles. The van der Waals surface area contributed by atoms with E-state index in [1.54, 1.807) is 0 Å². The first kappa shape index (κ1) is 12.8. The van der Waals surface area contributed by atoms with Crippen molar-refractivity contribution in [3.63, 3.8) is 0 Å². The Bertz CT molecular complexity index is 449. The smallest absolute Gasteiger partial charge is 0.234 e. The Labute approximate surface area is 94.8 Å². The average molecular weight is 301 g/mol. The fourth-order valence-corrected chi connectivity index (χ4v) is 1.43. The van der Waals surface area contributed by atoms with Crippen LogP contribution in [0, 0.1) is 11.3 Å². The molecule has 0 saturated heterocycles. The number of hydrogen-bond acceptors (Lipinski definition) is 2. The van der Waals surface area contributed by atoms with Gasteiger partial charge in [-0.1, -0.05) is 0 Å². The van der Waals surface area contributed by atoms with Crippen molar-refractivity contribution in [1.82, 2.24) is 4.98 Å². The minimum Gasteiger partial charge on any atom is -0.234 e. The number of pyridine rings is 1. The molecule has 8 heteroatoms. The molecular formula is C8H2BrF5N2. The number of nitrogens with zero attached hydrogens (tertiary/aromatic N) is 2. The van der Waals surface area contributed by atoms with Gasteiger partial charge in [0.25, 0.3) is 6.43 Å². The summed E-state index contributed by atoms with van der Waals surface area (Å²) < 4.78 is 61.0. The molecule has 2 nitrogen and oxygen atoms in total. The highest BCUT2D eigenvalue weighted by atomic mass is 79.9. The zero-order valence-electron chi connectivity index (χ0n) is 7.32. The van der Waals surface area contributed by atoms with Crippen molar-refractivity contribution in [2.75, 3.05) is 0 Å². The fraction of sp³-hybridized carbons (Fsp3) is 0.250. The third kappa shape index (κ3) is 2.47. The van der Waals surface area contributed by atoms with Gasteiger partial charge in [-0.2, -0.15) is 18.4 Å². The van der Waals surface area contributed by atoms with Gasteiger partial charge in [0, 0.05) is 0 Å². The Hall–Kier alpha value is -1.23. The van der Waals surface area contributed by atoms with E-state index in [1.165, 1.54) is 6.07 Å². The standard InChI is InChI=1S/C8H2BrF5N2/c9-6-4(7(10)11)1-3(2-15)5(16-6)8(12,13)14/h1,7H. The maximum absolute atomic E-state index is 12.3. The molecule has 0 aromatic carbocycles. The first-order chi connectivity index (χ1) is 7.27. The van der Waals surface area contributed by atoms with E-state index >= 15 is 0 Å². The van der Waals surface area contributed by atoms with Crippen LogP contribution >= 0.6 is 15.9 Å². The third-order valence-corrected chi connectivity index (χ3v) is 2.26. The average Bonchev–Trinajstić information content (AvgIpc) is 2.15. The molecule has 0 amide bonds. The Balaban J connectivity index is 3.46. The molecule has 0 N–H and O–H groups in total. The van der Waals surface area contributed by atoms with Gasteiger partial charge in [-0.25, -0.2) is 13.8 Å². The monoisotopic (exact) mass is 300 g/mol. The van der Waals surface area contributed by atoms with Crippen molar-refractivity contribution in [2.45, 2.75) is 12.6 Å². The normalized spacial score (nSPS) is 11.6. The lowest BCUT2D eigenvalue weighted by molar-refractivity contribution is -0.141. The van der Waals surface area contributed by atoms with Gasteiger partial charge < -0.3 is 0 Å². The second-order valence-electron chi connectivity index (χ2n) is 2.67. The van der Waals surface area contributed by atoms with E-state index in [1.807, 2.05) is 0 Å². The summed E-state index contributed by atoms with van der Waals surface area (Å²) in [5, 5.41) is 8.43. The highest BCUT2D eigenvalue weighted by Crippen LogP contribution is 2.35.